The van der Waals surface area contributed by atoms with Gasteiger partial charge in [0.2, 0.25) is 0 Å². The Morgan fingerprint density at radius 3 is 2.33 bits per heavy atom. The lowest BCUT2D eigenvalue weighted by Gasteiger charge is -1.97. The standard InChI is InChI=1S/C11H20O/c1-3-4-5-6-7-8-9-11-10(2)12-11/h11H,2-9H2,1H3. The third-order valence-corrected chi connectivity index (χ3v) is 2.42. The van der Waals surface area contributed by atoms with Crippen LogP contribution in [0.3, 0.4) is 0 Å². The van der Waals surface area contributed by atoms with Crippen molar-refractivity contribution in [1.82, 2.24) is 0 Å². The zero-order valence-corrected chi connectivity index (χ0v) is 8.14. The van der Waals surface area contributed by atoms with E-state index in [4.69, 9.17) is 4.74 Å². The Morgan fingerprint density at radius 2 is 1.75 bits per heavy atom. The van der Waals surface area contributed by atoms with Crippen LogP contribution in [0.25, 0.3) is 0 Å². The Labute approximate surface area is 75.8 Å². The van der Waals surface area contributed by atoms with E-state index >= 15 is 0 Å². The molecule has 1 heterocycles. The lowest BCUT2D eigenvalue weighted by molar-refractivity contribution is 0.401. The molecule has 1 fully saturated rings. The van der Waals surface area contributed by atoms with Crippen molar-refractivity contribution < 1.29 is 4.74 Å². The fraction of sp³-hybridized carbons (Fsp3) is 0.818. The van der Waals surface area contributed by atoms with Gasteiger partial charge in [0.05, 0.1) is 0 Å². The summed E-state index contributed by atoms with van der Waals surface area (Å²) in [5.41, 5.74) is 0. The van der Waals surface area contributed by atoms with Gasteiger partial charge in [0.25, 0.3) is 0 Å². The van der Waals surface area contributed by atoms with E-state index in [2.05, 4.69) is 13.5 Å². The Morgan fingerprint density at radius 1 is 1.17 bits per heavy atom. The average Bonchev–Trinajstić information content (AvgIpc) is 2.74. The maximum atomic E-state index is 5.15. The molecule has 0 amide bonds. The number of hydrogen-bond donors (Lipinski definition) is 0. The van der Waals surface area contributed by atoms with Crippen LogP contribution >= 0.6 is 0 Å². The summed E-state index contributed by atoms with van der Waals surface area (Å²) in [7, 11) is 0. The van der Waals surface area contributed by atoms with Gasteiger partial charge in [0.15, 0.2) is 6.10 Å². The highest BCUT2D eigenvalue weighted by Crippen LogP contribution is 2.29. The first-order chi connectivity index (χ1) is 5.84. The molecule has 1 rings (SSSR count). The van der Waals surface area contributed by atoms with Crippen molar-refractivity contribution in [2.75, 3.05) is 0 Å². The molecule has 0 aliphatic carbocycles. The molecule has 1 aliphatic heterocycles. The Kier molecular flexibility index (Phi) is 4.20. The second-order valence-electron chi connectivity index (χ2n) is 3.63. The summed E-state index contributed by atoms with van der Waals surface area (Å²) in [4.78, 5) is 0. The number of hydrogen-bond acceptors (Lipinski definition) is 1. The largest absolute Gasteiger partial charge is 0.484 e. The number of ether oxygens (including phenoxy) is 1. The summed E-state index contributed by atoms with van der Waals surface area (Å²) in [6, 6.07) is 0. The van der Waals surface area contributed by atoms with Crippen LogP contribution < -0.4 is 0 Å². The van der Waals surface area contributed by atoms with E-state index in [1.165, 1.54) is 44.9 Å². The van der Waals surface area contributed by atoms with Crippen molar-refractivity contribution in [2.24, 2.45) is 0 Å². The minimum Gasteiger partial charge on any atom is -0.484 e. The van der Waals surface area contributed by atoms with E-state index in [9.17, 15) is 0 Å². The summed E-state index contributed by atoms with van der Waals surface area (Å²) in [5.74, 6) is 1.00. The number of rotatable bonds is 7. The summed E-state index contributed by atoms with van der Waals surface area (Å²) in [5, 5.41) is 0. The quantitative estimate of drug-likeness (QED) is 0.417. The molecular formula is C11H20O. The Balaban J connectivity index is 1.74. The third kappa shape index (κ3) is 3.80. The highest BCUT2D eigenvalue weighted by atomic mass is 16.6. The molecule has 0 bridgehead atoms. The normalized spacial score (nSPS) is 20.8. The Bertz CT molecular complexity index is 140. The molecule has 0 aromatic carbocycles. The minimum absolute atomic E-state index is 0.427. The molecule has 0 N–H and O–H groups in total. The third-order valence-electron chi connectivity index (χ3n) is 2.42. The molecule has 1 nitrogen and oxygen atoms in total. The molecule has 12 heavy (non-hydrogen) atoms. The SMILES string of the molecule is C=C1OC1CCCCCCCC. The van der Waals surface area contributed by atoms with Gasteiger partial charge in [-0.3, -0.25) is 0 Å². The lowest BCUT2D eigenvalue weighted by atomic mass is 10.1. The zero-order valence-electron chi connectivity index (χ0n) is 8.14. The van der Waals surface area contributed by atoms with Gasteiger partial charge in [0, 0.05) is 0 Å². The van der Waals surface area contributed by atoms with Gasteiger partial charge in [-0.05, 0) is 12.8 Å². The topological polar surface area (TPSA) is 12.5 Å². The molecule has 1 saturated heterocycles. The molecule has 0 aromatic heterocycles. The fourth-order valence-electron chi connectivity index (χ4n) is 1.48. The molecule has 0 spiro atoms. The molecule has 1 aliphatic rings. The molecule has 1 heteroatoms. The molecule has 0 radical (unpaired) electrons. The average molecular weight is 168 g/mol. The van der Waals surface area contributed by atoms with Crippen LogP contribution in [0, 0.1) is 0 Å². The van der Waals surface area contributed by atoms with Crippen LogP contribution in [0.4, 0.5) is 0 Å². The van der Waals surface area contributed by atoms with Crippen LogP contribution in [0.2, 0.25) is 0 Å². The van der Waals surface area contributed by atoms with Crippen molar-refractivity contribution in [3.05, 3.63) is 12.3 Å². The van der Waals surface area contributed by atoms with E-state index in [1.54, 1.807) is 0 Å². The molecule has 0 aromatic rings. The van der Waals surface area contributed by atoms with Gasteiger partial charge in [-0.1, -0.05) is 45.6 Å². The van der Waals surface area contributed by atoms with E-state index in [-0.39, 0.29) is 0 Å². The lowest BCUT2D eigenvalue weighted by Crippen LogP contribution is -1.84. The van der Waals surface area contributed by atoms with Gasteiger partial charge >= 0.3 is 0 Å². The molecule has 0 saturated carbocycles. The van der Waals surface area contributed by atoms with Crippen molar-refractivity contribution in [3.63, 3.8) is 0 Å². The van der Waals surface area contributed by atoms with E-state index in [0.29, 0.717) is 6.10 Å². The molecule has 70 valence electrons. The number of epoxide rings is 1. The fourth-order valence-corrected chi connectivity index (χ4v) is 1.48. The predicted molar refractivity (Wildman–Crippen MR) is 52.0 cm³/mol. The highest BCUT2D eigenvalue weighted by molar-refractivity contribution is 5.07. The maximum Gasteiger partial charge on any atom is 0.154 e. The number of unbranched alkanes of at least 4 members (excludes halogenated alkanes) is 5. The minimum atomic E-state index is 0.427. The molecule has 1 unspecified atom stereocenters. The smallest absolute Gasteiger partial charge is 0.154 e. The predicted octanol–water partition coefficient (Wildman–Crippen LogP) is 3.65. The van der Waals surface area contributed by atoms with Crippen LogP contribution in [-0.2, 0) is 4.74 Å². The second-order valence-corrected chi connectivity index (χ2v) is 3.63. The van der Waals surface area contributed by atoms with Gasteiger partial charge < -0.3 is 4.74 Å². The van der Waals surface area contributed by atoms with Crippen molar-refractivity contribution >= 4 is 0 Å². The maximum absolute atomic E-state index is 5.15. The van der Waals surface area contributed by atoms with Crippen LogP contribution in [-0.4, -0.2) is 6.10 Å². The van der Waals surface area contributed by atoms with E-state index in [1.807, 2.05) is 0 Å². The van der Waals surface area contributed by atoms with E-state index < -0.39 is 0 Å². The van der Waals surface area contributed by atoms with Gasteiger partial charge in [0.1, 0.15) is 5.76 Å². The van der Waals surface area contributed by atoms with Crippen molar-refractivity contribution in [1.29, 1.82) is 0 Å². The zero-order chi connectivity index (χ0) is 8.81. The van der Waals surface area contributed by atoms with Gasteiger partial charge in [-0.25, -0.2) is 0 Å². The van der Waals surface area contributed by atoms with E-state index in [0.717, 1.165) is 5.76 Å². The summed E-state index contributed by atoms with van der Waals surface area (Å²) in [6.45, 7) is 6.01. The summed E-state index contributed by atoms with van der Waals surface area (Å²) < 4.78 is 5.15. The first-order valence-corrected chi connectivity index (χ1v) is 5.20. The Hall–Kier alpha value is -0.460. The summed E-state index contributed by atoms with van der Waals surface area (Å²) >= 11 is 0. The first-order valence-electron chi connectivity index (χ1n) is 5.20. The van der Waals surface area contributed by atoms with Crippen LogP contribution in [0.1, 0.15) is 51.9 Å². The molecule has 1 atom stereocenters. The van der Waals surface area contributed by atoms with Gasteiger partial charge in [-0.15, -0.1) is 0 Å². The highest BCUT2D eigenvalue weighted by Gasteiger charge is 2.28. The first kappa shape index (κ1) is 9.63. The van der Waals surface area contributed by atoms with Crippen LogP contribution in [0.5, 0.6) is 0 Å². The van der Waals surface area contributed by atoms with Crippen molar-refractivity contribution in [2.45, 2.75) is 58.0 Å². The molecular weight excluding hydrogens is 148 g/mol. The van der Waals surface area contributed by atoms with Crippen molar-refractivity contribution in [3.8, 4) is 0 Å². The second kappa shape index (κ2) is 5.23. The monoisotopic (exact) mass is 168 g/mol. The van der Waals surface area contributed by atoms with Crippen LogP contribution in [0.15, 0.2) is 12.3 Å². The van der Waals surface area contributed by atoms with Gasteiger partial charge in [-0.2, -0.15) is 0 Å². The summed E-state index contributed by atoms with van der Waals surface area (Å²) in [6.07, 6.45) is 9.84.